The summed E-state index contributed by atoms with van der Waals surface area (Å²) in [6, 6.07) is 12.7. The third-order valence-corrected chi connectivity index (χ3v) is 5.97. The van der Waals surface area contributed by atoms with Crippen LogP contribution < -0.4 is 10.6 Å². The van der Waals surface area contributed by atoms with Crippen LogP contribution in [0.5, 0.6) is 0 Å². The van der Waals surface area contributed by atoms with Gasteiger partial charge in [0.05, 0.1) is 22.5 Å². The fraction of sp³-hybridized carbons (Fsp3) is 0.273. The van der Waals surface area contributed by atoms with E-state index in [2.05, 4.69) is 25.9 Å². The second kappa shape index (κ2) is 8.73. The lowest BCUT2D eigenvalue weighted by molar-refractivity contribution is -0.118. The fourth-order valence-corrected chi connectivity index (χ4v) is 4.47. The van der Waals surface area contributed by atoms with E-state index in [1.807, 2.05) is 61.9 Å². The van der Waals surface area contributed by atoms with Crippen molar-refractivity contribution in [3.05, 3.63) is 59.2 Å². The smallest absolute Gasteiger partial charge is 0.262 e. The molecule has 0 saturated heterocycles. The Kier molecular flexibility index (Phi) is 5.85. The summed E-state index contributed by atoms with van der Waals surface area (Å²) in [5, 5.41) is 17.7. The molecule has 4 rings (SSSR count). The first-order valence-corrected chi connectivity index (χ1v) is 10.9. The number of para-hydroxylation sites is 1. The predicted molar refractivity (Wildman–Crippen MR) is 122 cm³/mol. The summed E-state index contributed by atoms with van der Waals surface area (Å²) in [5.74, 6) is 0.173. The van der Waals surface area contributed by atoms with E-state index >= 15 is 0 Å². The molecule has 0 saturated carbocycles. The number of benzene rings is 1. The van der Waals surface area contributed by atoms with Gasteiger partial charge < -0.3 is 10.6 Å². The van der Waals surface area contributed by atoms with Gasteiger partial charge in [-0.3, -0.25) is 14.7 Å². The number of fused-ring (bicyclic) bond motifs is 1. The minimum Gasteiger partial charge on any atom is -0.340 e. The number of H-pyrrole nitrogens is 1. The lowest BCUT2D eigenvalue weighted by atomic mass is 10.0. The molecule has 0 aliphatic heterocycles. The van der Waals surface area contributed by atoms with E-state index in [1.54, 1.807) is 12.3 Å². The van der Waals surface area contributed by atoms with E-state index in [1.165, 1.54) is 11.3 Å². The van der Waals surface area contributed by atoms with E-state index < -0.39 is 6.04 Å². The summed E-state index contributed by atoms with van der Waals surface area (Å²) < 4.78 is 1.85. The molecule has 3 N–H and O–H groups in total. The number of amides is 2. The van der Waals surface area contributed by atoms with Crippen LogP contribution in [0.1, 0.15) is 35.6 Å². The zero-order valence-corrected chi connectivity index (χ0v) is 18.4. The number of nitrogens with zero attached hydrogens (tertiary/aromatic N) is 3. The van der Waals surface area contributed by atoms with Gasteiger partial charge in [0.15, 0.2) is 0 Å². The van der Waals surface area contributed by atoms with Gasteiger partial charge in [-0.05, 0) is 37.5 Å². The number of aromatic nitrogens is 4. The summed E-state index contributed by atoms with van der Waals surface area (Å²) in [6.45, 7) is 5.95. The second-order valence-electron chi connectivity index (χ2n) is 7.78. The Morgan fingerprint density at radius 1 is 1.19 bits per heavy atom. The van der Waals surface area contributed by atoms with E-state index in [0.717, 1.165) is 21.6 Å². The molecule has 4 aromatic rings. The van der Waals surface area contributed by atoms with Crippen molar-refractivity contribution >= 4 is 39.2 Å². The number of thiophene rings is 1. The molecule has 0 aliphatic carbocycles. The number of hydrogen-bond acceptors (Lipinski definition) is 5. The van der Waals surface area contributed by atoms with Gasteiger partial charge in [0.25, 0.3) is 5.91 Å². The largest absolute Gasteiger partial charge is 0.340 e. The second-order valence-corrected chi connectivity index (χ2v) is 8.81. The van der Waals surface area contributed by atoms with Crippen LogP contribution in [0.25, 0.3) is 15.9 Å². The van der Waals surface area contributed by atoms with Gasteiger partial charge in [-0.1, -0.05) is 32.0 Å². The number of hydrogen-bond donors (Lipinski definition) is 3. The van der Waals surface area contributed by atoms with Crippen LogP contribution in [0.4, 0.5) is 5.82 Å². The number of carbonyl (C=O) groups is 2. The number of carbonyl (C=O) groups excluding carboxylic acids is 2. The van der Waals surface area contributed by atoms with Crippen molar-refractivity contribution in [3.63, 3.8) is 0 Å². The number of rotatable bonds is 7. The quantitative estimate of drug-likeness (QED) is 0.409. The predicted octanol–water partition coefficient (Wildman–Crippen LogP) is 3.90. The average Bonchev–Trinajstić information content (AvgIpc) is 3.46. The zero-order valence-electron chi connectivity index (χ0n) is 17.5. The standard InChI is InChI=1S/C22H24N6O2S/c1-13(2)11-17(20(29)25-19-9-10-23-26-19)24-21(30)18-12-16-14(3)27-28(22(16)31-18)15-7-5-4-6-8-15/h4-10,12-13,17H,11H2,1-3H3,(H,24,30)(H2,23,25,26,29). The minimum absolute atomic E-state index is 0.231. The molecule has 0 bridgehead atoms. The number of anilines is 1. The Bertz CT molecular complexity index is 1190. The van der Waals surface area contributed by atoms with Crippen molar-refractivity contribution in [1.82, 2.24) is 25.3 Å². The topological polar surface area (TPSA) is 105 Å². The molecule has 3 aromatic heterocycles. The van der Waals surface area contributed by atoms with Gasteiger partial charge in [0.2, 0.25) is 5.91 Å². The molecule has 31 heavy (non-hydrogen) atoms. The maximum atomic E-state index is 13.0. The molecule has 8 nitrogen and oxygen atoms in total. The van der Waals surface area contributed by atoms with E-state index in [9.17, 15) is 9.59 Å². The van der Waals surface area contributed by atoms with Crippen LogP contribution in [0, 0.1) is 12.8 Å². The molecule has 2 amide bonds. The molecule has 0 aliphatic rings. The number of aromatic amines is 1. The SMILES string of the molecule is Cc1nn(-c2ccccc2)c2sc(C(=O)NC(CC(C)C)C(=O)Nc3ccn[nH]3)cc12. The van der Waals surface area contributed by atoms with Crippen molar-refractivity contribution in [2.45, 2.75) is 33.2 Å². The first kappa shape index (κ1) is 20.8. The third kappa shape index (κ3) is 4.51. The summed E-state index contributed by atoms with van der Waals surface area (Å²) in [7, 11) is 0. The molecular formula is C22H24N6O2S. The van der Waals surface area contributed by atoms with Crippen molar-refractivity contribution in [2.24, 2.45) is 5.92 Å². The highest BCUT2D eigenvalue weighted by molar-refractivity contribution is 7.20. The highest BCUT2D eigenvalue weighted by Crippen LogP contribution is 2.30. The first-order chi connectivity index (χ1) is 14.9. The highest BCUT2D eigenvalue weighted by Gasteiger charge is 2.25. The molecule has 160 valence electrons. The monoisotopic (exact) mass is 436 g/mol. The Morgan fingerprint density at radius 2 is 1.97 bits per heavy atom. The summed E-state index contributed by atoms with van der Waals surface area (Å²) >= 11 is 1.37. The normalized spacial score (nSPS) is 12.3. The van der Waals surface area contributed by atoms with Gasteiger partial charge in [-0.25, -0.2) is 4.68 Å². The van der Waals surface area contributed by atoms with E-state index in [0.29, 0.717) is 17.1 Å². The Balaban J connectivity index is 1.58. The van der Waals surface area contributed by atoms with Gasteiger partial charge in [0.1, 0.15) is 16.7 Å². The van der Waals surface area contributed by atoms with Gasteiger partial charge in [-0.2, -0.15) is 10.2 Å². The minimum atomic E-state index is -0.660. The Hall–Kier alpha value is -3.46. The molecule has 1 unspecified atom stereocenters. The van der Waals surface area contributed by atoms with Crippen molar-refractivity contribution in [3.8, 4) is 5.69 Å². The van der Waals surface area contributed by atoms with Crippen molar-refractivity contribution < 1.29 is 9.59 Å². The lowest BCUT2D eigenvalue weighted by Crippen LogP contribution is -2.44. The van der Waals surface area contributed by atoms with Crippen molar-refractivity contribution in [2.75, 3.05) is 5.32 Å². The lowest BCUT2D eigenvalue weighted by Gasteiger charge is -2.19. The number of aryl methyl sites for hydroxylation is 1. The molecule has 0 radical (unpaired) electrons. The van der Waals surface area contributed by atoms with Crippen LogP contribution in [-0.2, 0) is 4.79 Å². The first-order valence-electron chi connectivity index (χ1n) is 10.1. The molecule has 0 spiro atoms. The summed E-state index contributed by atoms with van der Waals surface area (Å²) in [4.78, 5) is 27.2. The molecule has 1 atom stereocenters. The maximum Gasteiger partial charge on any atom is 0.262 e. The Labute approximate surface area is 183 Å². The molecule has 0 fully saturated rings. The molecule has 3 heterocycles. The van der Waals surface area contributed by atoms with Gasteiger partial charge in [0, 0.05) is 11.5 Å². The van der Waals surface area contributed by atoms with Gasteiger partial charge >= 0.3 is 0 Å². The summed E-state index contributed by atoms with van der Waals surface area (Å²) in [5.41, 5.74) is 1.79. The maximum absolute atomic E-state index is 13.0. The van der Waals surface area contributed by atoms with Crippen molar-refractivity contribution in [1.29, 1.82) is 0 Å². The van der Waals surface area contributed by atoms with Crippen LogP contribution in [0.15, 0.2) is 48.7 Å². The fourth-order valence-electron chi connectivity index (χ4n) is 3.38. The van der Waals surface area contributed by atoms with Crippen LogP contribution >= 0.6 is 11.3 Å². The molecule has 9 heteroatoms. The summed E-state index contributed by atoms with van der Waals surface area (Å²) in [6.07, 6.45) is 2.08. The highest BCUT2D eigenvalue weighted by atomic mass is 32.1. The zero-order chi connectivity index (χ0) is 22.0. The number of nitrogens with one attached hydrogen (secondary N) is 3. The van der Waals surface area contributed by atoms with E-state index in [-0.39, 0.29) is 17.7 Å². The van der Waals surface area contributed by atoms with Crippen LogP contribution in [-0.4, -0.2) is 37.8 Å². The van der Waals surface area contributed by atoms with Gasteiger partial charge in [-0.15, -0.1) is 11.3 Å². The average molecular weight is 437 g/mol. The van der Waals surface area contributed by atoms with Crippen LogP contribution in [0.2, 0.25) is 0 Å². The van der Waals surface area contributed by atoms with Crippen LogP contribution in [0.3, 0.4) is 0 Å². The third-order valence-electron chi connectivity index (χ3n) is 4.86. The van der Waals surface area contributed by atoms with E-state index in [4.69, 9.17) is 0 Å². The Morgan fingerprint density at radius 3 is 2.65 bits per heavy atom. The molecular weight excluding hydrogens is 412 g/mol. The molecule has 1 aromatic carbocycles.